The molecule has 0 aliphatic carbocycles. The number of nitrogens with zero attached hydrogens (tertiary/aromatic N) is 3. The normalized spacial score (nSPS) is 12.5. The fourth-order valence-electron chi connectivity index (χ4n) is 6.02. The second-order valence-electron chi connectivity index (χ2n) is 15.5. The van der Waals surface area contributed by atoms with Crippen molar-refractivity contribution in [2.24, 2.45) is 16.7 Å². The van der Waals surface area contributed by atoms with Crippen LogP contribution in [0.1, 0.15) is 113 Å². The third-order valence-electron chi connectivity index (χ3n) is 10.5. The van der Waals surface area contributed by atoms with Crippen molar-refractivity contribution in [1.29, 1.82) is 0 Å². The standard InChI is InChI=1S/C29H28N3O.C15H28O2.Ir/c1-18(2)12-21-15-27-28(33-21)23(10-11-30-27)26-16-25(31-17-32-26)20-13-19-8-6-7-9-22(19)24(14-20)29(3,4)5;1-7-14(5,8-2)12(16)11-13(17)15(6,9-3)10-4;/h6-11,14-18H,12H2,1-5H3;11,16H,7-10H2,1-6H3;/q-1;;/b;12-11-;. The Morgan fingerprint density at radius 1 is 0.863 bits per heavy atom. The molecule has 51 heavy (non-hydrogen) atoms. The van der Waals surface area contributed by atoms with Crippen LogP contribution in [0, 0.1) is 22.8 Å². The molecular formula is C44H56IrN3O3-. The number of aromatic nitrogens is 3. The van der Waals surface area contributed by atoms with Gasteiger partial charge in [0.05, 0.1) is 5.69 Å². The summed E-state index contributed by atoms with van der Waals surface area (Å²) in [5, 5.41) is 12.5. The van der Waals surface area contributed by atoms with Gasteiger partial charge in [0.2, 0.25) is 0 Å². The van der Waals surface area contributed by atoms with Crippen molar-refractivity contribution in [3.8, 4) is 22.5 Å². The molecule has 0 aliphatic rings. The SMILES string of the molecule is CC(C)Cc1cc2nccc(-c3cc(-c4[c-]c5ccccc5c(C(C)(C)C)c4)ncn3)c2o1.CCC(C)(CC)C(=O)/C=C(\O)C(C)(CC)CC.[Ir]. The third kappa shape index (κ3) is 9.61. The van der Waals surface area contributed by atoms with Crippen LogP contribution in [0.4, 0.5) is 0 Å². The van der Waals surface area contributed by atoms with Crippen molar-refractivity contribution in [2.45, 2.75) is 114 Å². The number of aliphatic hydroxyl groups is 1. The van der Waals surface area contributed by atoms with Crippen molar-refractivity contribution in [3.05, 3.63) is 90.3 Å². The van der Waals surface area contributed by atoms with Gasteiger partial charge in [-0.3, -0.25) is 14.8 Å². The van der Waals surface area contributed by atoms with Crippen LogP contribution < -0.4 is 0 Å². The van der Waals surface area contributed by atoms with Gasteiger partial charge >= 0.3 is 0 Å². The van der Waals surface area contributed by atoms with E-state index in [0.29, 0.717) is 5.92 Å². The van der Waals surface area contributed by atoms with Crippen molar-refractivity contribution in [1.82, 2.24) is 15.0 Å². The molecule has 0 saturated carbocycles. The molecule has 5 aromatic rings. The summed E-state index contributed by atoms with van der Waals surface area (Å²) in [4.78, 5) is 25.9. The summed E-state index contributed by atoms with van der Waals surface area (Å²) in [7, 11) is 0. The molecule has 0 spiro atoms. The zero-order valence-corrected chi connectivity index (χ0v) is 34.8. The van der Waals surface area contributed by atoms with E-state index in [1.54, 1.807) is 6.33 Å². The number of hydrogen-bond acceptors (Lipinski definition) is 6. The minimum absolute atomic E-state index is 0. The van der Waals surface area contributed by atoms with Crippen molar-refractivity contribution >= 4 is 27.7 Å². The van der Waals surface area contributed by atoms with Gasteiger partial charge in [-0.25, -0.2) is 4.98 Å². The topological polar surface area (TPSA) is 89.1 Å². The summed E-state index contributed by atoms with van der Waals surface area (Å²) >= 11 is 0. The van der Waals surface area contributed by atoms with Crippen LogP contribution in [0.3, 0.4) is 0 Å². The first kappa shape index (κ1) is 41.7. The number of carbonyl (C=O) groups is 1. The Hall–Kier alpha value is -3.67. The van der Waals surface area contributed by atoms with Gasteiger partial charge in [-0.15, -0.1) is 29.1 Å². The molecule has 0 amide bonds. The first-order valence-electron chi connectivity index (χ1n) is 18.2. The summed E-state index contributed by atoms with van der Waals surface area (Å²) in [5.74, 6) is 1.75. The number of aliphatic hydroxyl groups excluding tert-OH is 1. The zero-order valence-electron chi connectivity index (χ0n) is 32.4. The van der Waals surface area contributed by atoms with E-state index in [9.17, 15) is 9.90 Å². The number of carbonyl (C=O) groups excluding carboxylic acids is 1. The van der Waals surface area contributed by atoms with Gasteiger partial charge in [0.25, 0.3) is 0 Å². The molecule has 0 saturated heterocycles. The number of pyridine rings is 1. The number of hydrogen-bond donors (Lipinski definition) is 1. The first-order valence-corrected chi connectivity index (χ1v) is 18.2. The second-order valence-corrected chi connectivity index (χ2v) is 15.5. The zero-order chi connectivity index (χ0) is 36.9. The molecule has 2 aromatic carbocycles. The van der Waals surface area contributed by atoms with Gasteiger partial charge < -0.3 is 9.52 Å². The fraction of sp³-hybridized carbons (Fsp3) is 0.455. The Morgan fingerprint density at radius 2 is 1.49 bits per heavy atom. The number of ketones is 1. The monoisotopic (exact) mass is 867 g/mol. The third-order valence-corrected chi connectivity index (χ3v) is 10.5. The number of fused-ring (bicyclic) bond motifs is 2. The first-order chi connectivity index (χ1) is 23.6. The maximum atomic E-state index is 12.2. The van der Waals surface area contributed by atoms with Crippen molar-refractivity contribution in [2.75, 3.05) is 0 Å². The molecular weight excluding hydrogens is 811 g/mol. The average Bonchev–Trinajstić information content (AvgIpc) is 3.52. The molecule has 3 aromatic heterocycles. The summed E-state index contributed by atoms with van der Waals surface area (Å²) < 4.78 is 6.20. The number of allylic oxidation sites excluding steroid dienone is 2. The molecule has 0 atom stereocenters. The fourth-order valence-corrected chi connectivity index (χ4v) is 6.02. The van der Waals surface area contributed by atoms with Gasteiger partial charge in [0.15, 0.2) is 11.4 Å². The van der Waals surface area contributed by atoms with Crippen LogP contribution in [0.2, 0.25) is 0 Å². The van der Waals surface area contributed by atoms with E-state index in [-0.39, 0.29) is 47.9 Å². The van der Waals surface area contributed by atoms with E-state index < -0.39 is 0 Å². The van der Waals surface area contributed by atoms with Gasteiger partial charge in [-0.05, 0) is 49.1 Å². The van der Waals surface area contributed by atoms with Gasteiger partial charge in [-0.1, -0.05) is 105 Å². The minimum Gasteiger partial charge on any atom is -0.512 e. The molecule has 1 radical (unpaired) electrons. The molecule has 1 N–H and O–H groups in total. The second kappa shape index (κ2) is 17.2. The van der Waals surface area contributed by atoms with E-state index in [1.807, 2.05) is 65.9 Å². The van der Waals surface area contributed by atoms with E-state index in [1.165, 1.54) is 17.0 Å². The average molecular weight is 867 g/mol. The Morgan fingerprint density at radius 3 is 2.10 bits per heavy atom. The molecule has 6 nitrogen and oxygen atoms in total. The van der Waals surface area contributed by atoms with Crippen LogP contribution in [-0.4, -0.2) is 25.8 Å². The summed E-state index contributed by atoms with van der Waals surface area (Å²) in [5.41, 5.74) is 5.86. The quantitative estimate of drug-likeness (QED) is 0.0808. The molecule has 5 rings (SSSR count). The maximum Gasteiger partial charge on any atom is 0.164 e. The molecule has 0 unspecified atom stereocenters. The van der Waals surface area contributed by atoms with Crippen molar-refractivity contribution in [3.63, 3.8) is 0 Å². The molecule has 275 valence electrons. The summed E-state index contributed by atoms with van der Waals surface area (Å²) in [6, 6.07) is 20.2. The number of benzene rings is 2. The number of rotatable bonds is 11. The van der Waals surface area contributed by atoms with E-state index in [2.05, 4.69) is 86.0 Å². The molecule has 0 fully saturated rings. The minimum atomic E-state index is -0.337. The van der Waals surface area contributed by atoms with Gasteiger partial charge in [0, 0.05) is 67.0 Å². The summed E-state index contributed by atoms with van der Waals surface area (Å²) in [6.07, 6.45) is 9.07. The Labute approximate surface area is 319 Å². The van der Waals surface area contributed by atoms with Gasteiger partial charge in [0.1, 0.15) is 23.4 Å². The molecule has 3 heterocycles. The van der Waals surface area contributed by atoms with Crippen LogP contribution in [0.25, 0.3) is 44.4 Å². The van der Waals surface area contributed by atoms with Crippen LogP contribution in [0.15, 0.2) is 77.3 Å². The van der Waals surface area contributed by atoms with Crippen LogP contribution in [-0.2, 0) is 36.7 Å². The molecule has 0 aliphatic heterocycles. The summed E-state index contributed by atoms with van der Waals surface area (Å²) in [6.45, 7) is 23.2. The molecule has 7 heteroatoms. The predicted molar refractivity (Wildman–Crippen MR) is 207 cm³/mol. The Bertz CT molecular complexity index is 1960. The van der Waals surface area contributed by atoms with E-state index in [4.69, 9.17) is 4.42 Å². The Balaban J connectivity index is 0.000000335. The van der Waals surface area contributed by atoms with Crippen molar-refractivity contribution < 1.29 is 34.4 Å². The maximum absolute atomic E-state index is 12.2. The largest absolute Gasteiger partial charge is 0.512 e. The van der Waals surface area contributed by atoms with Crippen LogP contribution in [0.5, 0.6) is 0 Å². The molecule has 0 bridgehead atoms. The van der Waals surface area contributed by atoms with E-state index >= 15 is 0 Å². The van der Waals surface area contributed by atoms with Crippen LogP contribution >= 0.6 is 0 Å². The Kier molecular flexibility index (Phi) is 14.1. The number of furan rings is 1. The smallest absolute Gasteiger partial charge is 0.164 e. The van der Waals surface area contributed by atoms with E-state index in [0.717, 1.165) is 76.9 Å². The van der Waals surface area contributed by atoms with Gasteiger partial charge in [-0.2, -0.15) is 0 Å². The predicted octanol–water partition coefficient (Wildman–Crippen LogP) is 12.0.